The van der Waals surface area contributed by atoms with Gasteiger partial charge < -0.3 is 15.5 Å². The largest absolute Gasteiger partial charge is 0.333 e. The number of rotatable bonds is 3. The van der Waals surface area contributed by atoms with Crippen molar-refractivity contribution in [3.05, 3.63) is 58.6 Å². The molecule has 0 unspecified atom stereocenters. The number of aryl methyl sites for hydroxylation is 1. The molecule has 2 N–H and O–H groups in total. The zero-order chi connectivity index (χ0) is 17.1. The third-order valence-corrected chi connectivity index (χ3v) is 4.46. The highest BCUT2D eigenvalue weighted by atomic mass is 79.9. The average Bonchev–Trinajstić information content (AvgIpc) is 2.91. The number of anilines is 2. The summed E-state index contributed by atoms with van der Waals surface area (Å²) in [7, 11) is 0. The molecule has 2 aromatic carbocycles. The maximum atomic E-state index is 12.2. The minimum atomic E-state index is -0.298. The molecule has 0 spiro atoms. The Kier molecular flexibility index (Phi) is 4.85. The number of hydrogen-bond donors (Lipinski definition) is 2. The molecule has 1 atom stereocenters. The molecular formula is C18H18BrN3O2. The Labute approximate surface area is 149 Å². The molecule has 1 fully saturated rings. The van der Waals surface area contributed by atoms with Gasteiger partial charge >= 0.3 is 6.03 Å². The Hall–Kier alpha value is -2.34. The Bertz CT molecular complexity index is 764. The second-order valence-corrected chi connectivity index (χ2v) is 6.71. The van der Waals surface area contributed by atoms with Gasteiger partial charge in [-0.15, -0.1) is 0 Å². The lowest BCUT2D eigenvalue weighted by Crippen LogP contribution is -2.39. The van der Waals surface area contributed by atoms with Gasteiger partial charge in [0.25, 0.3) is 0 Å². The van der Waals surface area contributed by atoms with Crippen LogP contribution in [0.25, 0.3) is 0 Å². The van der Waals surface area contributed by atoms with Crippen LogP contribution < -0.4 is 15.5 Å². The molecule has 0 aromatic heterocycles. The van der Waals surface area contributed by atoms with Gasteiger partial charge in [0, 0.05) is 28.8 Å². The minimum absolute atomic E-state index is 0.0197. The molecule has 5 nitrogen and oxygen atoms in total. The molecule has 1 saturated heterocycles. The molecule has 1 aliphatic rings. The lowest BCUT2D eigenvalue weighted by atomic mass is 10.2. The first kappa shape index (κ1) is 16.5. The summed E-state index contributed by atoms with van der Waals surface area (Å²) in [6.07, 6.45) is 0.307. The van der Waals surface area contributed by atoms with E-state index in [2.05, 4.69) is 26.6 Å². The van der Waals surface area contributed by atoms with E-state index >= 15 is 0 Å². The molecule has 6 heteroatoms. The summed E-state index contributed by atoms with van der Waals surface area (Å²) in [4.78, 5) is 26.1. The number of hydrogen-bond acceptors (Lipinski definition) is 2. The van der Waals surface area contributed by atoms with Gasteiger partial charge in [0.2, 0.25) is 5.91 Å². The third kappa shape index (κ3) is 3.76. The number of nitrogens with one attached hydrogen (secondary N) is 2. The van der Waals surface area contributed by atoms with E-state index in [0.29, 0.717) is 13.0 Å². The Morgan fingerprint density at radius 3 is 2.67 bits per heavy atom. The number of benzene rings is 2. The van der Waals surface area contributed by atoms with Crippen molar-refractivity contribution in [2.45, 2.75) is 19.4 Å². The van der Waals surface area contributed by atoms with Crippen LogP contribution in [-0.4, -0.2) is 24.5 Å². The van der Waals surface area contributed by atoms with E-state index in [9.17, 15) is 9.59 Å². The van der Waals surface area contributed by atoms with Gasteiger partial charge in [0.1, 0.15) is 0 Å². The monoisotopic (exact) mass is 387 g/mol. The molecule has 1 aliphatic heterocycles. The van der Waals surface area contributed by atoms with Gasteiger partial charge in [-0.1, -0.05) is 34.1 Å². The third-order valence-electron chi connectivity index (χ3n) is 3.96. The van der Waals surface area contributed by atoms with E-state index in [-0.39, 0.29) is 18.0 Å². The summed E-state index contributed by atoms with van der Waals surface area (Å²) >= 11 is 3.40. The highest BCUT2D eigenvalue weighted by molar-refractivity contribution is 9.10. The molecule has 0 bridgehead atoms. The van der Waals surface area contributed by atoms with Gasteiger partial charge in [-0.2, -0.15) is 0 Å². The number of amides is 3. The lowest BCUT2D eigenvalue weighted by molar-refractivity contribution is -0.117. The number of urea groups is 1. The Morgan fingerprint density at radius 2 is 1.96 bits per heavy atom. The SMILES string of the molecule is Cc1cc(Br)ccc1NC(=O)N[C@@H]1CC(=O)N(c2ccccc2)C1. The number of para-hydroxylation sites is 1. The number of carbonyl (C=O) groups excluding carboxylic acids is 2. The van der Waals surface area contributed by atoms with E-state index in [1.807, 2.05) is 55.5 Å². The fourth-order valence-corrected chi connectivity index (χ4v) is 3.25. The topological polar surface area (TPSA) is 61.4 Å². The van der Waals surface area contributed by atoms with Crippen LogP contribution >= 0.6 is 15.9 Å². The van der Waals surface area contributed by atoms with E-state index < -0.39 is 0 Å². The summed E-state index contributed by atoms with van der Waals surface area (Å²) in [6, 6.07) is 14.6. The quantitative estimate of drug-likeness (QED) is 0.843. The van der Waals surface area contributed by atoms with Gasteiger partial charge in [-0.25, -0.2) is 4.79 Å². The van der Waals surface area contributed by atoms with Crippen LogP contribution in [0.1, 0.15) is 12.0 Å². The maximum absolute atomic E-state index is 12.2. The van der Waals surface area contributed by atoms with Crippen molar-refractivity contribution in [1.29, 1.82) is 0 Å². The lowest BCUT2D eigenvalue weighted by Gasteiger charge is -2.17. The first-order valence-electron chi connectivity index (χ1n) is 7.72. The molecule has 0 radical (unpaired) electrons. The summed E-state index contributed by atoms with van der Waals surface area (Å²) in [5.74, 6) is 0.0197. The van der Waals surface area contributed by atoms with Gasteiger partial charge in [-0.05, 0) is 42.8 Å². The smallest absolute Gasteiger partial charge is 0.319 e. The van der Waals surface area contributed by atoms with Crippen molar-refractivity contribution in [1.82, 2.24) is 5.32 Å². The van der Waals surface area contributed by atoms with Crippen molar-refractivity contribution in [2.75, 3.05) is 16.8 Å². The average molecular weight is 388 g/mol. The van der Waals surface area contributed by atoms with E-state index in [1.165, 1.54) is 0 Å². The van der Waals surface area contributed by atoms with Crippen LogP contribution in [-0.2, 0) is 4.79 Å². The van der Waals surface area contributed by atoms with Crippen molar-refractivity contribution < 1.29 is 9.59 Å². The predicted molar refractivity (Wildman–Crippen MR) is 98.2 cm³/mol. The summed E-state index contributed by atoms with van der Waals surface area (Å²) in [6.45, 7) is 2.41. The molecule has 3 rings (SSSR count). The maximum Gasteiger partial charge on any atom is 0.319 e. The standard InChI is InChI=1S/C18H18BrN3O2/c1-12-9-13(19)7-8-16(12)21-18(24)20-14-10-17(23)22(11-14)15-5-3-2-4-6-15/h2-9,14H,10-11H2,1H3,(H2,20,21,24)/t14-/m1/s1. The first-order valence-corrected chi connectivity index (χ1v) is 8.51. The zero-order valence-corrected chi connectivity index (χ0v) is 14.8. The Balaban J connectivity index is 1.60. The second-order valence-electron chi connectivity index (χ2n) is 5.80. The first-order chi connectivity index (χ1) is 11.5. The molecule has 0 aliphatic carbocycles. The predicted octanol–water partition coefficient (Wildman–Crippen LogP) is 3.68. The molecule has 0 saturated carbocycles. The number of nitrogens with zero attached hydrogens (tertiary/aromatic N) is 1. The fourth-order valence-electron chi connectivity index (χ4n) is 2.77. The summed E-state index contributed by atoms with van der Waals surface area (Å²) in [5, 5.41) is 5.71. The van der Waals surface area contributed by atoms with Crippen LogP contribution in [0.15, 0.2) is 53.0 Å². The van der Waals surface area contributed by atoms with Crippen LogP contribution in [0.2, 0.25) is 0 Å². The number of carbonyl (C=O) groups is 2. The van der Waals surface area contributed by atoms with Crippen molar-refractivity contribution in [2.24, 2.45) is 0 Å². The van der Waals surface area contributed by atoms with Crippen LogP contribution in [0, 0.1) is 6.92 Å². The zero-order valence-electron chi connectivity index (χ0n) is 13.3. The normalized spacial score (nSPS) is 17.0. The van der Waals surface area contributed by atoms with Gasteiger partial charge in [0.05, 0.1) is 6.04 Å². The molecule has 124 valence electrons. The summed E-state index contributed by atoms with van der Waals surface area (Å²) in [5.41, 5.74) is 2.57. The van der Waals surface area contributed by atoms with Crippen molar-refractivity contribution in [3.8, 4) is 0 Å². The fraction of sp³-hybridized carbons (Fsp3) is 0.222. The van der Waals surface area contributed by atoms with Crippen molar-refractivity contribution >= 4 is 39.2 Å². The minimum Gasteiger partial charge on any atom is -0.333 e. The molecule has 24 heavy (non-hydrogen) atoms. The molecule has 3 amide bonds. The van der Waals surface area contributed by atoms with E-state index in [1.54, 1.807) is 4.90 Å². The summed E-state index contributed by atoms with van der Waals surface area (Å²) < 4.78 is 0.964. The Morgan fingerprint density at radius 1 is 1.21 bits per heavy atom. The second kappa shape index (κ2) is 7.05. The molecule has 2 aromatic rings. The van der Waals surface area contributed by atoms with Crippen molar-refractivity contribution in [3.63, 3.8) is 0 Å². The van der Waals surface area contributed by atoms with Gasteiger partial charge in [0.15, 0.2) is 0 Å². The van der Waals surface area contributed by atoms with Crippen LogP contribution in [0.3, 0.4) is 0 Å². The van der Waals surface area contributed by atoms with E-state index in [4.69, 9.17) is 0 Å². The van der Waals surface area contributed by atoms with Gasteiger partial charge in [-0.3, -0.25) is 4.79 Å². The highest BCUT2D eigenvalue weighted by Crippen LogP contribution is 2.22. The van der Waals surface area contributed by atoms with E-state index in [0.717, 1.165) is 21.4 Å². The van der Waals surface area contributed by atoms with Crippen LogP contribution in [0.4, 0.5) is 16.2 Å². The number of halogens is 1. The molecule has 1 heterocycles. The van der Waals surface area contributed by atoms with Crippen LogP contribution in [0.5, 0.6) is 0 Å². The highest BCUT2D eigenvalue weighted by Gasteiger charge is 2.31. The molecular weight excluding hydrogens is 370 g/mol.